The molecule has 162 valence electrons. The molecule has 1 heterocycles. The number of hydrogen-bond acceptors (Lipinski definition) is 4. The van der Waals surface area contributed by atoms with Gasteiger partial charge in [0.15, 0.2) is 0 Å². The number of benzene rings is 2. The predicted octanol–water partition coefficient (Wildman–Crippen LogP) is 2.54. The van der Waals surface area contributed by atoms with Gasteiger partial charge in [0.05, 0.1) is 10.9 Å². The lowest BCUT2D eigenvalue weighted by Crippen LogP contribution is -2.46. The molecule has 0 aromatic heterocycles. The molecule has 1 aliphatic rings. The van der Waals surface area contributed by atoms with Crippen molar-refractivity contribution in [1.82, 2.24) is 14.5 Å². The van der Waals surface area contributed by atoms with Gasteiger partial charge < -0.3 is 5.32 Å². The number of sulfonamides is 1. The number of carbonyl (C=O) groups is 1. The van der Waals surface area contributed by atoms with Gasteiger partial charge in [-0.2, -0.15) is 4.31 Å². The molecule has 1 unspecified atom stereocenters. The molecule has 8 heteroatoms. The summed E-state index contributed by atoms with van der Waals surface area (Å²) >= 11 is 0. The Kier molecular flexibility index (Phi) is 7.23. The molecule has 1 N–H and O–H groups in total. The average molecular weight is 434 g/mol. The molecule has 0 bridgehead atoms. The summed E-state index contributed by atoms with van der Waals surface area (Å²) in [4.78, 5) is 14.9. The lowest BCUT2D eigenvalue weighted by Gasteiger charge is -2.27. The van der Waals surface area contributed by atoms with Crippen molar-refractivity contribution in [3.8, 4) is 0 Å². The van der Waals surface area contributed by atoms with E-state index in [1.54, 1.807) is 36.4 Å². The number of rotatable bonds is 6. The molecule has 0 spiro atoms. The van der Waals surface area contributed by atoms with E-state index in [2.05, 4.69) is 5.32 Å². The van der Waals surface area contributed by atoms with Crippen LogP contribution in [0, 0.1) is 12.7 Å². The molecule has 30 heavy (non-hydrogen) atoms. The minimum Gasteiger partial charge on any atom is -0.351 e. The van der Waals surface area contributed by atoms with Crippen molar-refractivity contribution in [3.63, 3.8) is 0 Å². The van der Waals surface area contributed by atoms with Gasteiger partial charge >= 0.3 is 0 Å². The Morgan fingerprint density at radius 2 is 1.70 bits per heavy atom. The van der Waals surface area contributed by atoms with E-state index in [9.17, 15) is 17.6 Å². The van der Waals surface area contributed by atoms with Crippen LogP contribution in [0.15, 0.2) is 53.4 Å². The summed E-state index contributed by atoms with van der Waals surface area (Å²) in [6.07, 6.45) is 0.653. The summed E-state index contributed by atoms with van der Waals surface area (Å²) in [6, 6.07) is 12.5. The van der Waals surface area contributed by atoms with Crippen LogP contribution in [0.4, 0.5) is 4.39 Å². The van der Waals surface area contributed by atoms with E-state index in [0.29, 0.717) is 44.0 Å². The fourth-order valence-electron chi connectivity index (χ4n) is 3.51. The van der Waals surface area contributed by atoms with Crippen LogP contribution in [-0.4, -0.2) is 55.8 Å². The fraction of sp³-hybridized carbons (Fsp3) is 0.409. The van der Waals surface area contributed by atoms with Gasteiger partial charge in [-0.15, -0.1) is 0 Å². The van der Waals surface area contributed by atoms with Gasteiger partial charge in [-0.1, -0.05) is 29.8 Å². The van der Waals surface area contributed by atoms with Crippen LogP contribution in [0.5, 0.6) is 0 Å². The zero-order valence-corrected chi connectivity index (χ0v) is 18.2. The Morgan fingerprint density at radius 3 is 2.37 bits per heavy atom. The van der Waals surface area contributed by atoms with Crippen LogP contribution in [0.25, 0.3) is 0 Å². The van der Waals surface area contributed by atoms with Gasteiger partial charge in [0.25, 0.3) is 0 Å². The summed E-state index contributed by atoms with van der Waals surface area (Å²) in [5.74, 6) is -0.442. The molecule has 0 aliphatic carbocycles. The fourth-order valence-corrected chi connectivity index (χ4v) is 4.98. The Labute approximate surface area is 177 Å². The summed E-state index contributed by atoms with van der Waals surface area (Å²) in [5, 5.41) is 2.87. The first-order valence-corrected chi connectivity index (χ1v) is 11.5. The van der Waals surface area contributed by atoms with Gasteiger partial charge in [-0.3, -0.25) is 9.69 Å². The van der Waals surface area contributed by atoms with Gasteiger partial charge in [0, 0.05) is 32.7 Å². The second-order valence-corrected chi connectivity index (χ2v) is 9.56. The highest BCUT2D eigenvalue weighted by Gasteiger charge is 2.29. The molecular weight excluding hydrogens is 405 g/mol. The predicted molar refractivity (Wildman–Crippen MR) is 114 cm³/mol. The van der Waals surface area contributed by atoms with E-state index < -0.39 is 10.0 Å². The van der Waals surface area contributed by atoms with Crippen molar-refractivity contribution in [3.05, 3.63) is 65.5 Å². The highest BCUT2D eigenvalue weighted by Crippen LogP contribution is 2.19. The molecule has 3 rings (SSSR count). The number of carbonyl (C=O) groups excluding carboxylic acids is 1. The van der Waals surface area contributed by atoms with E-state index in [-0.39, 0.29) is 17.8 Å². The van der Waals surface area contributed by atoms with E-state index >= 15 is 0 Å². The highest BCUT2D eigenvalue weighted by atomic mass is 32.2. The number of nitrogens with zero attached hydrogens (tertiary/aromatic N) is 2. The van der Waals surface area contributed by atoms with Gasteiger partial charge in [0.2, 0.25) is 15.9 Å². The molecule has 6 nitrogen and oxygen atoms in total. The summed E-state index contributed by atoms with van der Waals surface area (Å²) in [7, 11) is -3.55. The molecule has 1 atom stereocenters. The van der Waals surface area contributed by atoms with E-state index in [0.717, 1.165) is 11.1 Å². The molecule has 1 amide bonds. The van der Waals surface area contributed by atoms with Crippen molar-refractivity contribution in [2.24, 2.45) is 0 Å². The molecule has 0 radical (unpaired) electrons. The second-order valence-electron chi connectivity index (χ2n) is 7.63. The third-order valence-corrected chi connectivity index (χ3v) is 7.37. The lowest BCUT2D eigenvalue weighted by atomic mass is 10.2. The first-order chi connectivity index (χ1) is 14.3. The quantitative estimate of drug-likeness (QED) is 0.760. The second kappa shape index (κ2) is 9.68. The SMILES string of the molecule is Cc1ccc(S(=O)(=O)N2CCCN(C(C)C(=O)NCc3ccc(F)cc3)CC2)cc1. The van der Waals surface area contributed by atoms with Gasteiger partial charge in [0.1, 0.15) is 5.82 Å². The zero-order valence-electron chi connectivity index (χ0n) is 17.3. The van der Waals surface area contributed by atoms with Crippen molar-refractivity contribution in [1.29, 1.82) is 0 Å². The van der Waals surface area contributed by atoms with E-state index in [1.807, 2.05) is 18.7 Å². The summed E-state index contributed by atoms with van der Waals surface area (Å²) < 4.78 is 40.4. The molecule has 1 saturated heterocycles. The summed E-state index contributed by atoms with van der Waals surface area (Å²) in [5.41, 5.74) is 1.83. The van der Waals surface area contributed by atoms with E-state index in [1.165, 1.54) is 16.4 Å². The minimum atomic E-state index is -3.55. The molecule has 1 aliphatic heterocycles. The molecule has 2 aromatic rings. The maximum atomic E-state index is 13.0. The Balaban J connectivity index is 1.57. The van der Waals surface area contributed by atoms with Crippen LogP contribution in [0.3, 0.4) is 0 Å². The van der Waals surface area contributed by atoms with Crippen LogP contribution in [0.2, 0.25) is 0 Å². The first kappa shape index (κ1) is 22.4. The van der Waals surface area contributed by atoms with Gasteiger partial charge in [-0.25, -0.2) is 12.8 Å². The standard InChI is InChI=1S/C22H28FN3O3S/c1-17-4-10-21(11-5-17)30(28,29)26-13-3-12-25(14-15-26)18(2)22(27)24-16-19-6-8-20(23)9-7-19/h4-11,18H,3,12-16H2,1-2H3,(H,24,27). The number of amides is 1. The average Bonchev–Trinajstić information content (AvgIpc) is 3.00. The normalized spacial score (nSPS) is 17.3. The third-order valence-electron chi connectivity index (χ3n) is 5.46. The van der Waals surface area contributed by atoms with Crippen LogP contribution >= 0.6 is 0 Å². The molecule has 2 aromatic carbocycles. The highest BCUT2D eigenvalue weighted by molar-refractivity contribution is 7.89. The number of hydrogen-bond donors (Lipinski definition) is 1. The summed E-state index contributed by atoms with van der Waals surface area (Å²) in [6.45, 7) is 5.96. The molecular formula is C22H28FN3O3S. The Bertz CT molecular complexity index is 962. The van der Waals surface area contributed by atoms with Gasteiger partial charge in [-0.05, 0) is 50.1 Å². The van der Waals surface area contributed by atoms with Crippen molar-refractivity contribution in [2.75, 3.05) is 26.2 Å². The third kappa shape index (κ3) is 5.44. The zero-order chi connectivity index (χ0) is 21.7. The first-order valence-electron chi connectivity index (χ1n) is 10.1. The molecule has 1 fully saturated rings. The molecule has 0 saturated carbocycles. The van der Waals surface area contributed by atoms with E-state index in [4.69, 9.17) is 0 Å². The smallest absolute Gasteiger partial charge is 0.243 e. The van der Waals surface area contributed by atoms with Crippen LogP contribution < -0.4 is 5.32 Å². The lowest BCUT2D eigenvalue weighted by molar-refractivity contribution is -0.126. The monoisotopic (exact) mass is 433 g/mol. The topological polar surface area (TPSA) is 69.7 Å². The number of nitrogens with one attached hydrogen (secondary N) is 1. The van der Waals surface area contributed by atoms with Crippen LogP contribution in [0.1, 0.15) is 24.5 Å². The Hall–Kier alpha value is -2.29. The van der Waals surface area contributed by atoms with Crippen molar-refractivity contribution in [2.45, 2.75) is 37.8 Å². The maximum absolute atomic E-state index is 13.0. The van der Waals surface area contributed by atoms with Crippen LogP contribution in [-0.2, 0) is 21.4 Å². The van der Waals surface area contributed by atoms with Crippen molar-refractivity contribution < 1.29 is 17.6 Å². The maximum Gasteiger partial charge on any atom is 0.243 e. The number of halogens is 1. The largest absolute Gasteiger partial charge is 0.351 e. The van der Waals surface area contributed by atoms with Crippen molar-refractivity contribution >= 4 is 15.9 Å². The number of aryl methyl sites for hydroxylation is 1. The minimum absolute atomic E-state index is 0.130. The Morgan fingerprint density at radius 1 is 1.03 bits per heavy atom.